The highest BCUT2D eigenvalue weighted by Crippen LogP contribution is 2.57. The molecular formula is C17H32O7P2. The van der Waals surface area contributed by atoms with Gasteiger partial charge in [0.15, 0.2) is 0 Å². The summed E-state index contributed by atoms with van der Waals surface area (Å²) in [6.07, 6.45) is 12.2. The lowest BCUT2D eigenvalue weighted by Crippen LogP contribution is -1.94. The van der Waals surface area contributed by atoms with Gasteiger partial charge in [0.25, 0.3) is 0 Å². The summed E-state index contributed by atoms with van der Waals surface area (Å²) in [5.74, 6) is 0. The van der Waals surface area contributed by atoms with Crippen LogP contribution in [0.4, 0.5) is 0 Å². The standard InChI is InChI=1S/C17H32O7P2/c1-15(2)9-5-6-10-16(3)11-7-8-12-17(4)13-14-23-26(21,22)24-25(18,19)20/h9,11,13H,5-8,10,12,14H2,1-4H3,(H,21,22)(H2,18,19,20)/b16-11+,17-13+. The van der Waals surface area contributed by atoms with Crippen molar-refractivity contribution in [2.45, 2.75) is 66.2 Å². The fourth-order valence-electron chi connectivity index (χ4n) is 2.14. The van der Waals surface area contributed by atoms with Crippen molar-refractivity contribution in [3.05, 3.63) is 34.9 Å². The molecule has 0 radical (unpaired) electrons. The number of phosphoric ester groups is 1. The zero-order valence-electron chi connectivity index (χ0n) is 16.1. The second kappa shape index (κ2) is 12.8. The first-order valence-electron chi connectivity index (χ1n) is 8.60. The normalized spacial score (nSPS) is 15.7. The van der Waals surface area contributed by atoms with E-state index in [4.69, 9.17) is 14.7 Å². The number of hydrogen-bond donors (Lipinski definition) is 3. The van der Waals surface area contributed by atoms with Gasteiger partial charge in [0, 0.05) is 0 Å². The summed E-state index contributed by atoms with van der Waals surface area (Å²) in [6, 6.07) is 0. The Bertz CT molecular complexity index is 598. The Morgan fingerprint density at radius 3 is 1.85 bits per heavy atom. The monoisotopic (exact) mass is 410 g/mol. The van der Waals surface area contributed by atoms with Crippen molar-refractivity contribution in [2.24, 2.45) is 0 Å². The third-order valence-electron chi connectivity index (χ3n) is 3.47. The molecule has 7 nitrogen and oxygen atoms in total. The predicted molar refractivity (Wildman–Crippen MR) is 104 cm³/mol. The summed E-state index contributed by atoms with van der Waals surface area (Å²) >= 11 is 0. The van der Waals surface area contributed by atoms with E-state index in [0.29, 0.717) is 0 Å². The summed E-state index contributed by atoms with van der Waals surface area (Å²) in [6.45, 7) is 7.96. The topological polar surface area (TPSA) is 113 Å². The van der Waals surface area contributed by atoms with E-state index in [9.17, 15) is 9.13 Å². The molecule has 1 unspecified atom stereocenters. The molecule has 0 spiro atoms. The maximum atomic E-state index is 11.3. The van der Waals surface area contributed by atoms with Gasteiger partial charge in [-0.3, -0.25) is 4.52 Å². The summed E-state index contributed by atoms with van der Waals surface area (Å²) in [5, 5.41) is 0. The average Bonchev–Trinajstić information content (AvgIpc) is 2.45. The van der Waals surface area contributed by atoms with E-state index in [-0.39, 0.29) is 6.61 Å². The van der Waals surface area contributed by atoms with Gasteiger partial charge >= 0.3 is 15.6 Å². The van der Waals surface area contributed by atoms with Gasteiger partial charge in [-0.2, -0.15) is 4.31 Å². The minimum absolute atomic E-state index is 0.251. The van der Waals surface area contributed by atoms with Crippen LogP contribution in [0.2, 0.25) is 0 Å². The fraction of sp³-hybridized carbons (Fsp3) is 0.647. The molecule has 0 heterocycles. The maximum absolute atomic E-state index is 11.3. The first-order valence-corrected chi connectivity index (χ1v) is 11.6. The van der Waals surface area contributed by atoms with E-state index in [0.717, 1.165) is 44.1 Å². The number of hydrogen-bond acceptors (Lipinski definition) is 4. The molecule has 0 amide bonds. The first-order chi connectivity index (χ1) is 11.9. The van der Waals surface area contributed by atoms with E-state index < -0.39 is 15.6 Å². The van der Waals surface area contributed by atoms with Crippen LogP contribution in [-0.4, -0.2) is 21.3 Å². The van der Waals surface area contributed by atoms with Crippen LogP contribution in [0.3, 0.4) is 0 Å². The van der Waals surface area contributed by atoms with Gasteiger partial charge in [0.2, 0.25) is 0 Å². The van der Waals surface area contributed by atoms with Crippen LogP contribution in [-0.2, 0) is 18.0 Å². The summed E-state index contributed by atoms with van der Waals surface area (Å²) in [5.41, 5.74) is 3.70. The quantitative estimate of drug-likeness (QED) is 0.211. The Morgan fingerprint density at radius 2 is 1.35 bits per heavy atom. The van der Waals surface area contributed by atoms with Gasteiger partial charge < -0.3 is 14.7 Å². The van der Waals surface area contributed by atoms with Crippen molar-refractivity contribution < 1.29 is 32.6 Å². The SMILES string of the molecule is CC(C)=CCCC/C(C)=C/CCC/C(C)=C/COP(=O)(O)OP(=O)(O)O. The van der Waals surface area contributed by atoms with E-state index >= 15 is 0 Å². The van der Waals surface area contributed by atoms with Crippen molar-refractivity contribution in [3.63, 3.8) is 0 Å². The molecule has 0 fully saturated rings. The molecule has 0 aromatic rings. The molecule has 0 saturated carbocycles. The molecule has 0 aliphatic carbocycles. The van der Waals surface area contributed by atoms with Crippen molar-refractivity contribution >= 4 is 15.6 Å². The van der Waals surface area contributed by atoms with Crippen molar-refractivity contribution in [3.8, 4) is 0 Å². The van der Waals surface area contributed by atoms with Gasteiger partial charge in [-0.1, -0.05) is 34.9 Å². The molecule has 0 aliphatic heterocycles. The molecule has 0 aromatic carbocycles. The van der Waals surface area contributed by atoms with Crippen LogP contribution in [0.15, 0.2) is 34.9 Å². The molecule has 0 rings (SSSR count). The Hall–Kier alpha value is -0.520. The molecule has 152 valence electrons. The third kappa shape index (κ3) is 16.9. The highest BCUT2D eigenvalue weighted by molar-refractivity contribution is 7.60. The Kier molecular flexibility index (Phi) is 12.5. The molecule has 0 saturated heterocycles. The summed E-state index contributed by atoms with van der Waals surface area (Å²) < 4.78 is 30.0. The number of allylic oxidation sites excluding steroid dienone is 5. The van der Waals surface area contributed by atoms with Crippen LogP contribution in [0.5, 0.6) is 0 Å². The molecule has 1 atom stereocenters. The Morgan fingerprint density at radius 1 is 0.846 bits per heavy atom. The smallest absolute Gasteiger partial charge is 0.302 e. The van der Waals surface area contributed by atoms with Crippen LogP contribution in [0.25, 0.3) is 0 Å². The molecule has 3 N–H and O–H groups in total. The molecule has 0 bridgehead atoms. The van der Waals surface area contributed by atoms with Crippen molar-refractivity contribution in [1.29, 1.82) is 0 Å². The summed E-state index contributed by atoms with van der Waals surface area (Å²) in [7, 11) is -9.82. The minimum atomic E-state index is -5.07. The van der Waals surface area contributed by atoms with Gasteiger partial charge in [-0.05, 0) is 66.2 Å². The summed E-state index contributed by atoms with van der Waals surface area (Å²) in [4.78, 5) is 26.1. The molecular weight excluding hydrogens is 378 g/mol. The van der Waals surface area contributed by atoms with Crippen LogP contribution in [0, 0.1) is 0 Å². The lowest BCUT2D eigenvalue weighted by atomic mass is 10.1. The molecule has 26 heavy (non-hydrogen) atoms. The van der Waals surface area contributed by atoms with Crippen LogP contribution < -0.4 is 0 Å². The lowest BCUT2D eigenvalue weighted by molar-refractivity contribution is 0.191. The fourth-order valence-corrected chi connectivity index (χ4v) is 3.66. The number of phosphoric acid groups is 2. The number of unbranched alkanes of at least 4 members (excludes halogenated alkanes) is 2. The van der Waals surface area contributed by atoms with Crippen molar-refractivity contribution in [1.82, 2.24) is 0 Å². The minimum Gasteiger partial charge on any atom is -0.302 e. The van der Waals surface area contributed by atoms with Gasteiger partial charge in [-0.15, -0.1) is 0 Å². The molecule has 0 aromatic heterocycles. The van der Waals surface area contributed by atoms with E-state index in [1.165, 1.54) is 11.1 Å². The molecule has 0 aliphatic rings. The van der Waals surface area contributed by atoms with Gasteiger partial charge in [-0.25, -0.2) is 9.13 Å². The first kappa shape index (κ1) is 25.5. The second-order valence-electron chi connectivity index (χ2n) is 6.50. The zero-order chi connectivity index (χ0) is 20.2. The van der Waals surface area contributed by atoms with Gasteiger partial charge in [0.1, 0.15) is 0 Å². The van der Waals surface area contributed by atoms with Crippen molar-refractivity contribution in [2.75, 3.05) is 6.61 Å². The maximum Gasteiger partial charge on any atom is 0.481 e. The van der Waals surface area contributed by atoms with Crippen LogP contribution >= 0.6 is 15.6 Å². The highest BCUT2D eigenvalue weighted by atomic mass is 31.3. The van der Waals surface area contributed by atoms with E-state index in [1.807, 2.05) is 6.92 Å². The van der Waals surface area contributed by atoms with Gasteiger partial charge in [0.05, 0.1) is 6.61 Å². The van der Waals surface area contributed by atoms with Crippen LogP contribution in [0.1, 0.15) is 66.2 Å². The largest absolute Gasteiger partial charge is 0.481 e. The Balaban J connectivity index is 4.03. The Labute approximate surface area is 156 Å². The lowest BCUT2D eigenvalue weighted by Gasteiger charge is -2.11. The number of rotatable bonds is 13. The third-order valence-corrected chi connectivity index (χ3v) is 5.63. The predicted octanol–water partition coefficient (Wildman–Crippen LogP) is 5.41. The van der Waals surface area contributed by atoms with E-state index in [2.05, 4.69) is 41.8 Å². The highest BCUT2D eigenvalue weighted by Gasteiger charge is 2.31. The second-order valence-corrected chi connectivity index (χ2v) is 9.33. The average molecular weight is 410 g/mol. The zero-order valence-corrected chi connectivity index (χ0v) is 17.8. The van der Waals surface area contributed by atoms with E-state index in [1.54, 1.807) is 6.08 Å². The molecule has 9 heteroatoms.